The van der Waals surface area contributed by atoms with E-state index in [4.69, 9.17) is 0 Å². The third kappa shape index (κ3) is 2.48. The normalized spacial score (nSPS) is 39.4. The molecule has 0 aromatic carbocycles. The number of rotatable bonds is 2. The topological polar surface area (TPSA) is 40.5 Å². The summed E-state index contributed by atoms with van der Waals surface area (Å²) < 4.78 is 0. The maximum absolute atomic E-state index is 9.97. The van der Waals surface area contributed by atoms with Crippen molar-refractivity contribution in [3.63, 3.8) is 0 Å². The van der Waals surface area contributed by atoms with Gasteiger partial charge in [-0.25, -0.2) is 0 Å². The van der Waals surface area contributed by atoms with Gasteiger partial charge in [0.15, 0.2) is 0 Å². The van der Waals surface area contributed by atoms with Crippen LogP contribution in [-0.2, 0) is 0 Å². The molecule has 0 saturated heterocycles. The molecule has 0 amide bonds. The second-order valence-corrected chi connectivity index (χ2v) is 5.42. The predicted molar refractivity (Wildman–Crippen MR) is 57.9 cm³/mol. The predicted octanol–water partition coefficient (Wildman–Crippen LogP) is 2.05. The Kier molecular flexibility index (Phi) is 3.96. The SMILES string of the molecule is CC(C)[C@@H]1C[C@H](O)[C@H](C(C)C)C[C@H]1O. The van der Waals surface area contributed by atoms with Crippen LogP contribution in [0.25, 0.3) is 0 Å². The van der Waals surface area contributed by atoms with Crippen LogP contribution in [-0.4, -0.2) is 22.4 Å². The second kappa shape index (κ2) is 4.63. The fourth-order valence-corrected chi connectivity index (χ4v) is 2.65. The highest BCUT2D eigenvalue weighted by molar-refractivity contribution is 4.87. The lowest BCUT2D eigenvalue weighted by Gasteiger charge is -2.40. The van der Waals surface area contributed by atoms with Gasteiger partial charge in [-0.1, -0.05) is 27.7 Å². The van der Waals surface area contributed by atoms with Crippen LogP contribution in [0.1, 0.15) is 40.5 Å². The summed E-state index contributed by atoms with van der Waals surface area (Å²) in [6, 6.07) is 0. The summed E-state index contributed by atoms with van der Waals surface area (Å²) in [6.07, 6.45) is 1.10. The van der Waals surface area contributed by atoms with Gasteiger partial charge in [0.25, 0.3) is 0 Å². The number of hydrogen-bond donors (Lipinski definition) is 2. The molecule has 84 valence electrons. The first-order chi connectivity index (χ1) is 6.43. The average molecular weight is 200 g/mol. The lowest BCUT2D eigenvalue weighted by atomic mass is 9.70. The Balaban J connectivity index is 2.62. The van der Waals surface area contributed by atoms with E-state index in [1.165, 1.54) is 0 Å². The molecular formula is C12H24O2. The summed E-state index contributed by atoms with van der Waals surface area (Å²) in [5, 5.41) is 19.9. The fourth-order valence-electron chi connectivity index (χ4n) is 2.65. The molecule has 2 nitrogen and oxygen atoms in total. The molecule has 0 radical (unpaired) electrons. The van der Waals surface area contributed by atoms with Crippen LogP contribution < -0.4 is 0 Å². The van der Waals surface area contributed by atoms with Gasteiger partial charge in [0.2, 0.25) is 0 Å². The molecule has 1 aliphatic rings. The van der Waals surface area contributed by atoms with Crippen LogP contribution in [0.15, 0.2) is 0 Å². The molecule has 1 saturated carbocycles. The van der Waals surface area contributed by atoms with E-state index in [1.54, 1.807) is 0 Å². The standard InChI is InChI=1S/C12H24O2/c1-7(2)9-5-12(14)10(8(3)4)6-11(9)13/h7-14H,5-6H2,1-4H3/t9-,10-,11-,12+/m0/s1. The minimum Gasteiger partial charge on any atom is -0.393 e. The lowest BCUT2D eigenvalue weighted by molar-refractivity contribution is -0.0597. The van der Waals surface area contributed by atoms with Crippen molar-refractivity contribution in [1.29, 1.82) is 0 Å². The zero-order valence-electron chi connectivity index (χ0n) is 9.77. The molecule has 1 fully saturated rings. The van der Waals surface area contributed by atoms with Crippen molar-refractivity contribution in [3.05, 3.63) is 0 Å². The van der Waals surface area contributed by atoms with Crippen LogP contribution in [0.4, 0.5) is 0 Å². The highest BCUT2D eigenvalue weighted by Gasteiger charge is 2.37. The van der Waals surface area contributed by atoms with Crippen molar-refractivity contribution >= 4 is 0 Å². The Hall–Kier alpha value is -0.0800. The Morgan fingerprint density at radius 2 is 1.07 bits per heavy atom. The van der Waals surface area contributed by atoms with Gasteiger partial charge in [0, 0.05) is 0 Å². The van der Waals surface area contributed by atoms with Gasteiger partial charge in [-0.15, -0.1) is 0 Å². The molecule has 4 atom stereocenters. The van der Waals surface area contributed by atoms with Crippen molar-refractivity contribution in [2.45, 2.75) is 52.7 Å². The largest absolute Gasteiger partial charge is 0.393 e. The summed E-state index contributed by atoms with van der Waals surface area (Å²) in [7, 11) is 0. The van der Waals surface area contributed by atoms with Gasteiger partial charge < -0.3 is 10.2 Å². The van der Waals surface area contributed by atoms with Crippen molar-refractivity contribution < 1.29 is 10.2 Å². The van der Waals surface area contributed by atoms with Crippen LogP contribution in [0.5, 0.6) is 0 Å². The lowest BCUT2D eigenvalue weighted by Crippen LogP contribution is -2.42. The maximum atomic E-state index is 9.97. The molecule has 0 heterocycles. The molecule has 2 N–H and O–H groups in total. The molecule has 0 unspecified atom stereocenters. The third-order valence-electron chi connectivity index (χ3n) is 3.73. The first kappa shape index (κ1) is 12.0. The Morgan fingerprint density at radius 3 is 1.29 bits per heavy atom. The molecule has 1 aliphatic carbocycles. The molecule has 0 bridgehead atoms. The zero-order valence-corrected chi connectivity index (χ0v) is 9.77. The first-order valence-corrected chi connectivity index (χ1v) is 5.79. The van der Waals surface area contributed by atoms with Crippen molar-refractivity contribution in [2.24, 2.45) is 23.7 Å². The van der Waals surface area contributed by atoms with E-state index in [2.05, 4.69) is 27.7 Å². The van der Waals surface area contributed by atoms with Crippen molar-refractivity contribution in [3.8, 4) is 0 Å². The van der Waals surface area contributed by atoms with Crippen LogP contribution in [0, 0.1) is 23.7 Å². The molecule has 0 spiro atoms. The molecule has 2 heteroatoms. The first-order valence-electron chi connectivity index (χ1n) is 5.79. The van der Waals surface area contributed by atoms with E-state index < -0.39 is 0 Å². The fraction of sp³-hybridized carbons (Fsp3) is 1.00. The highest BCUT2D eigenvalue weighted by atomic mass is 16.3. The van der Waals surface area contributed by atoms with Gasteiger partial charge in [0.1, 0.15) is 0 Å². The van der Waals surface area contributed by atoms with Crippen LogP contribution in [0.2, 0.25) is 0 Å². The Morgan fingerprint density at radius 1 is 0.786 bits per heavy atom. The minimum atomic E-state index is -0.217. The second-order valence-electron chi connectivity index (χ2n) is 5.42. The number of aliphatic hydroxyl groups is 2. The molecule has 14 heavy (non-hydrogen) atoms. The maximum Gasteiger partial charge on any atom is 0.0575 e. The van der Waals surface area contributed by atoms with Gasteiger partial charge in [-0.05, 0) is 36.5 Å². The van der Waals surface area contributed by atoms with Gasteiger partial charge in [0.05, 0.1) is 12.2 Å². The molecule has 0 aromatic heterocycles. The van der Waals surface area contributed by atoms with Gasteiger partial charge in [-0.2, -0.15) is 0 Å². The number of hydrogen-bond acceptors (Lipinski definition) is 2. The molecule has 1 rings (SSSR count). The van der Waals surface area contributed by atoms with E-state index in [1.807, 2.05) is 0 Å². The van der Waals surface area contributed by atoms with Crippen LogP contribution >= 0.6 is 0 Å². The molecule has 0 aliphatic heterocycles. The Bertz CT molecular complexity index is 157. The third-order valence-corrected chi connectivity index (χ3v) is 3.73. The van der Waals surface area contributed by atoms with Gasteiger partial charge >= 0.3 is 0 Å². The minimum absolute atomic E-state index is 0.217. The van der Waals surface area contributed by atoms with E-state index in [0.717, 1.165) is 12.8 Å². The Labute approximate surface area is 87.3 Å². The molecule has 0 aromatic rings. The number of aliphatic hydroxyl groups excluding tert-OH is 2. The van der Waals surface area contributed by atoms with Crippen molar-refractivity contribution in [2.75, 3.05) is 0 Å². The summed E-state index contributed by atoms with van der Waals surface area (Å²) in [4.78, 5) is 0. The quantitative estimate of drug-likeness (QED) is 0.716. The van der Waals surface area contributed by atoms with E-state index in [9.17, 15) is 10.2 Å². The van der Waals surface area contributed by atoms with E-state index >= 15 is 0 Å². The van der Waals surface area contributed by atoms with Crippen molar-refractivity contribution in [1.82, 2.24) is 0 Å². The highest BCUT2D eigenvalue weighted by Crippen LogP contribution is 2.37. The van der Waals surface area contributed by atoms with Crippen LogP contribution in [0.3, 0.4) is 0 Å². The monoisotopic (exact) mass is 200 g/mol. The van der Waals surface area contributed by atoms with E-state index in [-0.39, 0.29) is 24.0 Å². The van der Waals surface area contributed by atoms with E-state index in [0.29, 0.717) is 11.8 Å². The summed E-state index contributed by atoms with van der Waals surface area (Å²) >= 11 is 0. The average Bonchev–Trinajstić information content (AvgIpc) is 2.07. The zero-order chi connectivity index (χ0) is 10.9. The van der Waals surface area contributed by atoms with Gasteiger partial charge in [-0.3, -0.25) is 0 Å². The smallest absolute Gasteiger partial charge is 0.0575 e. The summed E-state index contributed by atoms with van der Waals surface area (Å²) in [5.74, 6) is 1.49. The summed E-state index contributed by atoms with van der Waals surface area (Å²) in [6.45, 7) is 8.49. The summed E-state index contributed by atoms with van der Waals surface area (Å²) in [5.41, 5.74) is 0. The molecular weight excluding hydrogens is 176 g/mol.